The number of benzene rings is 1. The zero-order valence-electron chi connectivity index (χ0n) is 11.7. The summed E-state index contributed by atoms with van der Waals surface area (Å²) < 4.78 is 117. The van der Waals surface area contributed by atoms with Crippen molar-refractivity contribution in [3.63, 3.8) is 0 Å². The first kappa shape index (κ1) is 18.9. The predicted octanol–water partition coefficient (Wildman–Crippen LogP) is 5.68. The SMILES string of the molecule is FC(F)(F)Oc1ccccc1-c1ccc(C(F)(F)F)c(C(F)(F)F)n1. The van der Waals surface area contributed by atoms with E-state index in [0.717, 1.165) is 18.2 Å². The third-order valence-electron chi connectivity index (χ3n) is 2.86. The Kier molecular flexibility index (Phi) is 4.62. The second kappa shape index (κ2) is 6.12. The lowest BCUT2D eigenvalue weighted by molar-refractivity contribution is -0.274. The fourth-order valence-corrected chi connectivity index (χ4v) is 1.95. The maximum atomic E-state index is 12.9. The average Bonchev–Trinajstić information content (AvgIpc) is 2.43. The van der Waals surface area contributed by atoms with Crippen LogP contribution in [0.1, 0.15) is 11.3 Å². The minimum absolute atomic E-state index is 0.107. The molecule has 0 spiro atoms. The summed E-state index contributed by atoms with van der Waals surface area (Å²) in [7, 11) is 0. The molecular formula is C14H6F9NO. The largest absolute Gasteiger partial charge is 0.573 e. The topological polar surface area (TPSA) is 22.1 Å². The Morgan fingerprint density at radius 2 is 1.32 bits per heavy atom. The van der Waals surface area contributed by atoms with Crippen molar-refractivity contribution in [3.05, 3.63) is 47.7 Å². The molecular weight excluding hydrogens is 369 g/mol. The lowest BCUT2D eigenvalue weighted by atomic mass is 10.1. The number of ether oxygens (including phenoxy) is 1. The van der Waals surface area contributed by atoms with Crippen LogP contribution in [-0.2, 0) is 12.4 Å². The van der Waals surface area contributed by atoms with E-state index in [4.69, 9.17) is 0 Å². The first-order chi connectivity index (χ1) is 11.3. The molecule has 136 valence electrons. The number of halogens is 9. The summed E-state index contributed by atoms with van der Waals surface area (Å²) in [5, 5.41) is 0. The molecule has 0 saturated carbocycles. The molecule has 1 aromatic carbocycles. The number of rotatable bonds is 2. The molecule has 25 heavy (non-hydrogen) atoms. The predicted molar refractivity (Wildman–Crippen MR) is 66.4 cm³/mol. The number of alkyl halides is 9. The molecule has 2 aromatic rings. The van der Waals surface area contributed by atoms with E-state index >= 15 is 0 Å². The van der Waals surface area contributed by atoms with Gasteiger partial charge in [0, 0.05) is 5.56 Å². The van der Waals surface area contributed by atoms with E-state index in [1.807, 2.05) is 0 Å². The number of nitrogens with zero attached hydrogens (tertiary/aromatic N) is 1. The minimum atomic E-state index is -5.46. The van der Waals surface area contributed by atoms with Crippen molar-refractivity contribution < 1.29 is 44.3 Å². The van der Waals surface area contributed by atoms with Crippen LogP contribution in [0.3, 0.4) is 0 Å². The minimum Gasteiger partial charge on any atom is -0.405 e. The maximum absolute atomic E-state index is 12.9. The van der Waals surface area contributed by atoms with Gasteiger partial charge < -0.3 is 4.74 Å². The summed E-state index contributed by atoms with van der Waals surface area (Å²) >= 11 is 0. The van der Waals surface area contributed by atoms with Gasteiger partial charge in [-0.2, -0.15) is 26.3 Å². The van der Waals surface area contributed by atoms with Crippen molar-refractivity contribution in [2.75, 3.05) is 0 Å². The first-order valence-electron chi connectivity index (χ1n) is 6.29. The molecule has 0 aliphatic carbocycles. The second-order valence-corrected chi connectivity index (χ2v) is 4.63. The molecule has 0 fully saturated rings. The number of aromatic nitrogens is 1. The molecule has 0 amide bonds. The zero-order chi connectivity index (χ0) is 19.0. The molecule has 0 N–H and O–H groups in total. The smallest absolute Gasteiger partial charge is 0.405 e. The van der Waals surface area contributed by atoms with Crippen molar-refractivity contribution >= 4 is 0 Å². The Labute approximate surface area is 133 Å². The Balaban J connectivity index is 2.63. The highest BCUT2D eigenvalue weighted by Gasteiger charge is 2.45. The van der Waals surface area contributed by atoms with E-state index in [1.54, 1.807) is 0 Å². The summed E-state index contributed by atoms with van der Waals surface area (Å²) in [5.41, 5.74) is -5.59. The molecule has 0 atom stereocenters. The van der Waals surface area contributed by atoms with Gasteiger partial charge in [-0.1, -0.05) is 12.1 Å². The Bertz CT molecular complexity index is 762. The first-order valence-corrected chi connectivity index (χ1v) is 6.29. The molecule has 0 radical (unpaired) electrons. The molecule has 2 nitrogen and oxygen atoms in total. The van der Waals surface area contributed by atoms with Crippen molar-refractivity contribution in [2.24, 2.45) is 0 Å². The van der Waals surface area contributed by atoms with E-state index < -0.39 is 47.0 Å². The van der Waals surface area contributed by atoms with Gasteiger partial charge in [-0.05, 0) is 24.3 Å². The maximum Gasteiger partial charge on any atom is 0.573 e. The molecule has 0 bridgehead atoms. The van der Waals surface area contributed by atoms with E-state index in [-0.39, 0.29) is 6.07 Å². The van der Waals surface area contributed by atoms with Crippen LogP contribution < -0.4 is 4.74 Å². The summed E-state index contributed by atoms with van der Waals surface area (Å²) in [6.07, 6.45) is -15.9. The van der Waals surface area contributed by atoms with Crippen molar-refractivity contribution in [3.8, 4) is 17.0 Å². The highest BCUT2D eigenvalue weighted by Crippen LogP contribution is 2.41. The van der Waals surface area contributed by atoms with Crippen LogP contribution >= 0.6 is 0 Å². The summed E-state index contributed by atoms with van der Waals surface area (Å²) in [5.74, 6) is -0.893. The van der Waals surface area contributed by atoms with Gasteiger partial charge in [0.05, 0.1) is 11.3 Å². The lowest BCUT2D eigenvalue weighted by Crippen LogP contribution is -2.19. The standard InChI is InChI=1S/C14H6F9NO/c15-12(16,17)8-5-6-9(24-11(8)13(18,19)20)7-3-1-2-4-10(7)25-14(21,22)23/h1-6H. The van der Waals surface area contributed by atoms with Gasteiger partial charge in [0.25, 0.3) is 0 Å². The molecule has 0 aliphatic heterocycles. The zero-order valence-corrected chi connectivity index (χ0v) is 11.7. The molecule has 0 unspecified atom stereocenters. The monoisotopic (exact) mass is 375 g/mol. The van der Waals surface area contributed by atoms with Crippen molar-refractivity contribution in [1.82, 2.24) is 4.98 Å². The van der Waals surface area contributed by atoms with Crippen LogP contribution in [0.15, 0.2) is 36.4 Å². The normalized spacial score (nSPS) is 13.0. The quantitative estimate of drug-likeness (QED) is 0.630. The molecule has 2 rings (SSSR count). The number of para-hydroxylation sites is 1. The van der Waals surface area contributed by atoms with Gasteiger partial charge in [-0.3, -0.25) is 0 Å². The summed E-state index contributed by atoms with van der Waals surface area (Å²) in [6, 6.07) is 4.67. The molecule has 1 heterocycles. The van der Waals surface area contributed by atoms with E-state index in [2.05, 4.69) is 9.72 Å². The lowest BCUT2D eigenvalue weighted by Gasteiger charge is -2.17. The molecule has 0 saturated heterocycles. The van der Waals surface area contributed by atoms with Crippen LogP contribution in [-0.4, -0.2) is 11.3 Å². The third-order valence-corrected chi connectivity index (χ3v) is 2.86. The van der Waals surface area contributed by atoms with Gasteiger partial charge >= 0.3 is 18.7 Å². The summed E-state index contributed by atoms with van der Waals surface area (Å²) in [6.45, 7) is 0. The van der Waals surface area contributed by atoms with E-state index in [9.17, 15) is 39.5 Å². The average molecular weight is 375 g/mol. The van der Waals surface area contributed by atoms with Crippen molar-refractivity contribution in [1.29, 1.82) is 0 Å². The van der Waals surface area contributed by atoms with Gasteiger partial charge in [-0.25, -0.2) is 4.98 Å². The van der Waals surface area contributed by atoms with Crippen LogP contribution in [0, 0.1) is 0 Å². The fourth-order valence-electron chi connectivity index (χ4n) is 1.95. The van der Waals surface area contributed by atoms with Crippen LogP contribution in [0.4, 0.5) is 39.5 Å². The second-order valence-electron chi connectivity index (χ2n) is 4.63. The Hall–Kier alpha value is -2.46. The van der Waals surface area contributed by atoms with Crippen LogP contribution in [0.25, 0.3) is 11.3 Å². The van der Waals surface area contributed by atoms with Crippen LogP contribution in [0.5, 0.6) is 5.75 Å². The number of hydrogen-bond donors (Lipinski definition) is 0. The third kappa shape index (κ3) is 4.54. The molecule has 1 aromatic heterocycles. The van der Waals surface area contributed by atoms with Gasteiger partial charge in [0.1, 0.15) is 5.75 Å². The fraction of sp³-hybridized carbons (Fsp3) is 0.214. The Morgan fingerprint density at radius 3 is 1.84 bits per heavy atom. The summed E-state index contributed by atoms with van der Waals surface area (Å²) in [4.78, 5) is 2.88. The molecule has 11 heteroatoms. The van der Waals surface area contributed by atoms with E-state index in [0.29, 0.717) is 6.07 Å². The highest BCUT2D eigenvalue weighted by atomic mass is 19.4. The van der Waals surface area contributed by atoms with Crippen LogP contribution in [0.2, 0.25) is 0 Å². The van der Waals surface area contributed by atoms with Gasteiger partial charge in [-0.15, -0.1) is 13.2 Å². The molecule has 0 aliphatic rings. The van der Waals surface area contributed by atoms with Gasteiger partial charge in [0.15, 0.2) is 5.69 Å². The highest BCUT2D eigenvalue weighted by molar-refractivity contribution is 5.67. The van der Waals surface area contributed by atoms with E-state index in [1.165, 1.54) is 6.07 Å². The van der Waals surface area contributed by atoms with Gasteiger partial charge in [0.2, 0.25) is 0 Å². The van der Waals surface area contributed by atoms with Crippen molar-refractivity contribution in [2.45, 2.75) is 18.7 Å². The number of hydrogen-bond acceptors (Lipinski definition) is 2. The number of pyridine rings is 1. The Morgan fingerprint density at radius 1 is 0.720 bits per heavy atom.